The molecule has 3 aromatic rings. The number of halogens is 1. The molecule has 1 aromatic carbocycles. The number of dihydropyridines is 1. The van der Waals surface area contributed by atoms with Crippen LogP contribution in [-0.2, 0) is 11.3 Å². The van der Waals surface area contributed by atoms with E-state index in [1.165, 1.54) is 24.3 Å². The van der Waals surface area contributed by atoms with Crippen molar-refractivity contribution in [2.24, 2.45) is 10.9 Å². The lowest BCUT2D eigenvalue weighted by atomic mass is 9.86. The second-order valence-corrected chi connectivity index (χ2v) is 7.56. The minimum Gasteiger partial charge on any atom is -0.451 e. The summed E-state index contributed by atoms with van der Waals surface area (Å²) in [4.78, 5) is 13.5. The first-order valence-corrected chi connectivity index (χ1v) is 10.1. The number of hydrogen-bond acceptors (Lipinski definition) is 6. The highest BCUT2D eigenvalue weighted by Gasteiger charge is 2.27. The molecule has 0 saturated carbocycles. The maximum atomic E-state index is 14.2. The van der Waals surface area contributed by atoms with Crippen molar-refractivity contribution < 1.29 is 13.5 Å². The zero-order valence-corrected chi connectivity index (χ0v) is 16.4. The summed E-state index contributed by atoms with van der Waals surface area (Å²) in [6.45, 7) is 1.85. The Morgan fingerprint density at radius 1 is 1.17 bits per heavy atom. The molecule has 0 radical (unpaired) electrons. The third-order valence-corrected chi connectivity index (χ3v) is 5.65. The van der Waals surface area contributed by atoms with Gasteiger partial charge in [-0.05, 0) is 37.3 Å². The van der Waals surface area contributed by atoms with Crippen LogP contribution in [0.5, 0.6) is 0 Å². The molecule has 154 valence electrons. The van der Waals surface area contributed by atoms with Gasteiger partial charge in [0.1, 0.15) is 23.8 Å². The molecule has 1 atom stereocenters. The van der Waals surface area contributed by atoms with Crippen molar-refractivity contribution in [2.45, 2.75) is 31.8 Å². The SMILES string of the molecule is Fc1ccccc1Cn1nc(C2CC(C3CCOCC3)=CC=N2)nc1-c1cocn1. The summed E-state index contributed by atoms with van der Waals surface area (Å²) < 4.78 is 26.5. The topological polar surface area (TPSA) is 78.3 Å². The summed E-state index contributed by atoms with van der Waals surface area (Å²) in [6, 6.07) is 6.50. The molecule has 2 aliphatic heterocycles. The Bertz CT molecular complexity index is 1070. The highest BCUT2D eigenvalue weighted by atomic mass is 19.1. The summed E-state index contributed by atoms with van der Waals surface area (Å²) in [5.74, 6) is 1.39. The Kier molecular flexibility index (Phi) is 5.23. The Morgan fingerprint density at radius 3 is 2.83 bits per heavy atom. The predicted octanol–water partition coefficient (Wildman–Crippen LogP) is 3.99. The van der Waals surface area contributed by atoms with Crippen LogP contribution in [0, 0.1) is 11.7 Å². The number of nitrogens with zero attached hydrogens (tertiary/aromatic N) is 5. The summed E-state index contributed by atoms with van der Waals surface area (Å²) in [5.41, 5.74) is 2.46. The third-order valence-electron chi connectivity index (χ3n) is 5.65. The fourth-order valence-electron chi connectivity index (χ4n) is 4.03. The molecule has 1 fully saturated rings. The first-order chi connectivity index (χ1) is 14.8. The summed E-state index contributed by atoms with van der Waals surface area (Å²) in [5, 5.41) is 4.70. The van der Waals surface area contributed by atoms with Crippen molar-refractivity contribution in [3.8, 4) is 11.5 Å². The predicted molar refractivity (Wildman–Crippen MR) is 108 cm³/mol. The molecular weight excluding hydrogens is 385 g/mol. The molecule has 4 heterocycles. The molecule has 2 aliphatic rings. The standard InChI is InChI=1S/C22H22FN5O2/c23-18-4-2-1-3-17(18)12-28-22(20-13-30-14-25-20)26-21(27-28)19-11-16(5-8-24-19)15-6-9-29-10-7-15/h1-5,8,13-15,19H,6-7,9-12H2. The highest BCUT2D eigenvalue weighted by Crippen LogP contribution is 2.34. The van der Waals surface area contributed by atoms with Crippen LogP contribution in [0.1, 0.15) is 36.7 Å². The van der Waals surface area contributed by atoms with E-state index < -0.39 is 0 Å². The molecule has 8 heteroatoms. The summed E-state index contributed by atoms with van der Waals surface area (Å²) >= 11 is 0. The van der Waals surface area contributed by atoms with E-state index in [0.29, 0.717) is 28.8 Å². The quantitative estimate of drug-likeness (QED) is 0.639. The lowest BCUT2D eigenvalue weighted by molar-refractivity contribution is 0.0746. The van der Waals surface area contributed by atoms with E-state index in [-0.39, 0.29) is 18.4 Å². The highest BCUT2D eigenvalue weighted by molar-refractivity contribution is 5.73. The number of rotatable bonds is 5. The number of benzene rings is 1. The van der Waals surface area contributed by atoms with Gasteiger partial charge in [0.2, 0.25) is 0 Å². The molecule has 7 nitrogen and oxygen atoms in total. The van der Waals surface area contributed by atoms with Gasteiger partial charge in [-0.2, -0.15) is 5.10 Å². The van der Waals surface area contributed by atoms with Crippen LogP contribution < -0.4 is 0 Å². The fraction of sp³-hybridized carbons (Fsp3) is 0.364. The van der Waals surface area contributed by atoms with E-state index in [1.807, 2.05) is 12.3 Å². The van der Waals surface area contributed by atoms with Gasteiger partial charge in [0.05, 0.1) is 6.54 Å². The minimum absolute atomic E-state index is 0.166. The molecule has 0 aliphatic carbocycles. The van der Waals surface area contributed by atoms with Gasteiger partial charge in [0, 0.05) is 25.0 Å². The van der Waals surface area contributed by atoms with Crippen LogP contribution in [0.3, 0.4) is 0 Å². The first kappa shape index (κ1) is 18.9. The zero-order valence-electron chi connectivity index (χ0n) is 16.4. The Hall–Kier alpha value is -3.13. The van der Waals surface area contributed by atoms with Crippen molar-refractivity contribution in [3.63, 3.8) is 0 Å². The van der Waals surface area contributed by atoms with Crippen LogP contribution >= 0.6 is 0 Å². The van der Waals surface area contributed by atoms with Crippen LogP contribution in [0.25, 0.3) is 11.5 Å². The molecular formula is C22H22FN5O2. The number of allylic oxidation sites excluding steroid dienone is 1. The van der Waals surface area contributed by atoms with Crippen molar-refractivity contribution in [3.05, 3.63) is 65.8 Å². The smallest absolute Gasteiger partial charge is 0.181 e. The van der Waals surface area contributed by atoms with E-state index in [0.717, 1.165) is 32.5 Å². The van der Waals surface area contributed by atoms with Crippen LogP contribution in [0.2, 0.25) is 0 Å². The Morgan fingerprint density at radius 2 is 2.03 bits per heavy atom. The molecule has 5 rings (SSSR count). The van der Waals surface area contributed by atoms with E-state index >= 15 is 0 Å². The van der Waals surface area contributed by atoms with Gasteiger partial charge < -0.3 is 9.15 Å². The van der Waals surface area contributed by atoms with Gasteiger partial charge in [-0.25, -0.2) is 19.0 Å². The average Bonchev–Trinajstić information content (AvgIpc) is 3.46. The van der Waals surface area contributed by atoms with Gasteiger partial charge in [0.15, 0.2) is 18.0 Å². The van der Waals surface area contributed by atoms with Crippen LogP contribution in [0.15, 0.2) is 58.0 Å². The van der Waals surface area contributed by atoms with Gasteiger partial charge in [-0.1, -0.05) is 23.8 Å². The van der Waals surface area contributed by atoms with Gasteiger partial charge >= 0.3 is 0 Å². The molecule has 0 N–H and O–H groups in total. The molecule has 1 unspecified atom stereocenters. The van der Waals surface area contributed by atoms with Crippen molar-refractivity contribution in [1.82, 2.24) is 19.7 Å². The fourth-order valence-corrected chi connectivity index (χ4v) is 4.03. The molecule has 30 heavy (non-hydrogen) atoms. The lowest BCUT2D eigenvalue weighted by Crippen LogP contribution is -2.20. The molecule has 0 amide bonds. The molecule has 0 bridgehead atoms. The van der Waals surface area contributed by atoms with E-state index in [4.69, 9.17) is 19.2 Å². The third kappa shape index (κ3) is 3.82. The van der Waals surface area contributed by atoms with Crippen molar-refractivity contribution in [2.75, 3.05) is 13.2 Å². The Balaban J connectivity index is 1.44. The maximum Gasteiger partial charge on any atom is 0.181 e. The minimum atomic E-state index is -0.277. The monoisotopic (exact) mass is 407 g/mol. The maximum absolute atomic E-state index is 14.2. The lowest BCUT2D eigenvalue weighted by Gasteiger charge is -2.27. The van der Waals surface area contributed by atoms with Crippen molar-refractivity contribution >= 4 is 6.21 Å². The second-order valence-electron chi connectivity index (χ2n) is 7.56. The first-order valence-electron chi connectivity index (χ1n) is 10.1. The number of oxazole rings is 1. The van der Waals surface area contributed by atoms with Gasteiger partial charge in [0.25, 0.3) is 0 Å². The summed E-state index contributed by atoms with van der Waals surface area (Å²) in [7, 11) is 0. The normalized spacial score (nSPS) is 19.8. The van der Waals surface area contributed by atoms with E-state index in [9.17, 15) is 4.39 Å². The van der Waals surface area contributed by atoms with Crippen LogP contribution in [0.4, 0.5) is 4.39 Å². The van der Waals surface area contributed by atoms with Crippen LogP contribution in [-0.4, -0.2) is 39.2 Å². The number of hydrogen-bond donors (Lipinski definition) is 0. The molecule has 1 saturated heterocycles. The number of aromatic nitrogens is 4. The number of ether oxygens (including phenoxy) is 1. The molecule has 0 spiro atoms. The zero-order chi connectivity index (χ0) is 20.3. The van der Waals surface area contributed by atoms with Gasteiger partial charge in [-0.3, -0.25) is 4.99 Å². The largest absolute Gasteiger partial charge is 0.451 e. The number of aliphatic imine (C=N–C) groups is 1. The summed E-state index contributed by atoms with van der Waals surface area (Å²) in [6.07, 6.45) is 9.68. The average molecular weight is 407 g/mol. The second kappa shape index (κ2) is 8.31. The van der Waals surface area contributed by atoms with E-state index in [1.54, 1.807) is 16.8 Å². The van der Waals surface area contributed by atoms with E-state index in [2.05, 4.69) is 16.1 Å². The van der Waals surface area contributed by atoms with Crippen molar-refractivity contribution in [1.29, 1.82) is 0 Å². The van der Waals surface area contributed by atoms with Gasteiger partial charge in [-0.15, -0.1) is 0 Å². The molecule has 2 aromatic heterocycles. The Labute approximate surface area is 173 Å².